The van der Waals surface area contributed by atoms with E-state index in [1.165, 1.54) is 4.88 Å². The minimum Gasteiger partial charge on any atom is -0.321 e. The largest absolute Gasteiger partial charge is 0.321 e. The first kappa shape index (κ1) is 10.9. The predicted octanol–water partition coefficient (Wildman–Crippen LogP) is 2.45. The number of thiophene rings is 1. The van der Waals surface area contributed by atoms with Gasteiger partial charge in [-0.25, -0.2) is 4.39 Å². The van der Waals surface area contributed by atoms with Gasteiger partial charge in [0, 0.05) is 9.75 Å². The van der Waals surface area contributed by atoms with E-state index >= 15 is 0 Å². The Kier molecular flexibility index (Phi) is 4.65. The van der Waals surface area contributed by atoms with Crippen LogP contribution in [0.4, 0.5) is 4.39 Å². The third-order valence-electron chi connectivity index (χ3n) is 1.29. The van der Waals surface area contributed by atoms with Gasteiger partial charge in [-0.2, -0.15) is 0 Å². The molecular weight excluding hydrogens is 185 g/mol. The Morgan fingerprint density at radius 3 is 2.64 bits per heavy atom. The van der Waals surface area contributed by atoms with Crippen molar-refractivity contribution in [3.63, 3.8) is 0 Å². The van der Waals surface area contributed by atoms with Crippen molar-refractivity contribution < 1.29 is 4.39 Å². The van der Waals surface area contributed by atoms with Gasteiger partial charge in [0.1, 0.15) is 6.67 Å². The molecule has 4 heteroatoms. The van der Waals surface area contributed by atoms with Crippen LogP contribution in [0.15, 0.2) is 12.1 Å². The Labute approximate surface area is 75.8 Å². The highest BCUT2D eigenvalue weighted by Crippen LogP contribution is 2.20. The first-order chi connectivity index (χ1) is 4.74. The average Bonchev–Trinajstić information content (AvgIpc) is 2.34. The third-order valence-corrected chi connectivity index (χ3v) is 2.43. The summed E-state index contributed by atoms with van der Waals surface area (Å²) in [7, 11) is 0. The zero-order valence-corrected chi connectivity index (χ0v) is 7.84. The number of hydrogen-bond acceptors (Lipinski definition) is 2. The first-order valence-corrected chi connectivity index (χ1v) is 3.93. The number of aryl methyl sites for hydroxylation is 1. The van der Waals surface area contributed by atoms with Gasteiger partial charge in [0.05, 0.1) is 6.04 Å². The van der Waals surface area contributed by atoms with Crippen molar-refractivity contribution in [1.82, 2.24) is 0 Å². The molecule has 1 atom stereocenters. The van der Waals surface area contributed by atoms with Crippen molar-refractivity contribution in [1.29, 1.82) is 0 Å². The molecule has 0 aliphatic heterocycles. The van der Waals surface area contributed by atoms with E-state index in [1.54, 1.807) is 11.3 Å². The van der Waals surface area contributed by atoms with Crippen molar-refractivity contribution in [2.24, 2.45) is 5.73 Å². The topological polar surface area (TPSA) is 26.0 Å². The van der Waals surface area contributed by atoms with Gasteiger partial charge in [-0.05, 0) is 19.1 Å². The standard InChI is InChI=1S/C7H10FNS.ClH/c1-5-2-3-7(10-5)6(9)4-8;/h2-3,6H,4,9H2,1H3;1H/t6-;/m0./s1. The van der Waals surface area contributed by atoms with Gasteiger partial charge in [-0.15, -0.1) is 23.7 Å². The van der Waals surface area contributed by atoms with E-state index in [1.807, 2.05) is 19.1 Å². The Morgan fingerprint density at radius 2 is 2.27 bits per heavy atom. The molecule has 0 bridgehead atoms. The normalized spacial score (nSPS) is 12.3. The van der Waals surface area contributed by atoms with Gasteiger partial charge in [0.2, 0.25) is 0 Å². The highest BCUT2D eigenvalue weighted by atomic mass is 35.5. The fourth-order valence-corrected chi connectivity index (χ4v) is 1.59. The molecule has 0 radical (unpaired) electrons. The van der Waals surface area contributed by atoms with Gasteiger partial charge in [0.25, 0.3) is 0 Å². The van der Waals surface area contributed by atoms with E-state index in [2.05, 4.69) is 0 Å². The summed E-state index contributed by atoms with van der Waals surface area (Å²) < 4.78 is 12.0. The molecule has 1 rings (SSSR count). The van der Waals surface area contributed by atoms with Gasteiger partial charge < -0.3 is 5.73 Å². The number of halogens is 2. The molecule has 1 aromatic rings. The second-order valence-corrected chi connectivity index (χ2v) is 3.53. The monoisotopic (exact) mass is 195 g/mol. The molecule has 11 heavy (non-hydrogen) atoms. The molecule has 0 fully saturated rings. The van der Waals surface area contributed by atoms with Gasteiger partial charge in [-0.3, -0.25) is 0 Å². The van der Waals surface area contributed by atoms with Crippen LogP contribution in [0.1, 0.15) is 15.8 Å². The lowest BCUT2D eigenvalue weighted by molar-refractivity contribution is 0.440. The summed E-state index contributed by atoms with van der Waals surface area (Å²) in [5.41, 5.74) is 5.44. The summed E-state index contributed by atoms with van der Waals surface area (Å²) in [6.07, 6.45) is 0. The van der Waals surface area contributed by atoms with Crippen LogP contribution in [0.3, 0.4) is 0 Å². The molecule has 0 unspecified atom stereocenters. The number of alkyl halides is 1. The van der Waals surface area contributed by atoms with Crippen LogP contribution in [0.2, 0.25) is 0 Å². The lowest BCUT2D eigenvalue weighted by Gasteiger charge is -2.00. The maximum atomic E-state index is 12.0. The van der Waals surface area contributed by atoms with E-state index in [4.69, 9.17) is 5.73 Å². The summed E-state index contributed by atoms with van der Waals surface area (Å²) in [4.78, 5) is 2.11. The lowest BCUT2D eigenvalue weighted by Crippen LogP contribution is -2.09. The van der Waals surface area contributed by atoms with E-state index in [9.17, 15) is 4.39 Å². The van der Waals surface area contributed by atoms with E-state index < -0.39 is 12.7 Å². The summed E-state index contributed by atoms with van der Waals surface area (Å²) in [5, 5.41) is 0. The Hall–Kier alpha value is -0.120. The summed E-state index contributed by atoms with van der Waals surface area (Å²) in [5.74, 6) is 0. The molecule has 64 valence electrons. The predicted molar refractivity (Wildman–Crippen MR) is 49.2 cm³/mol. The number of hydrogen-bond donors (Lipinski definition) is 1. The Balaban J connectivity index is 0.000001000. The smallest absolute Gasteiger partial charge is 0.109 e. The Morgan fingerprint density at radius 1 is 1.64 bits per heavy atom. The quantitative estimate of drug-likeness (QED) is 0.771. The fourth-order valence-electron chi connectivity index (χ4n) is 0.729. The van der Waals surface area contributed by atoms with Gasteiger partial charge >= 0.3 is 0 Å². The van der Waals surface area contributed by atoms with E-state index in [0.717, 1.165) is 4.88 Å². The van der Waals surface area contributed by atoms with Crippen LogP contribution in [-0.2, 0) is 0 Å². The van der Waals surface area contributed by atoms with Gasteiger partial charge in [0.15, 0.2) is 0 Å². The van der Waals surface area contributed by atoms with Crippen molar-refractivity contribution >= 4 is 23.7 Å². The molecular formula is C7H11ClFNS. The van der Waals surface area contributed by atoms with Crippen LogP contribution in [0, 0.1) is 6.92 Å². The molecule has 1 aromatic heterocycles. The minimum absolute atomic E-state index is 0. The van der Waals surface area contributed by atoms with Crippen molar-refractivity contribution in [2.75, 3.05) is 6.67 Å². The molecule has 1 nitrogen and oxygen atoms in total. The van der Waals surface area contributed by atoms with Crippen LogP contribution in [0.5, 0.6) is 0 Å². The highest BCUT2D eigenvalue weighted by Gasteiger charge is 2.05. The summed E-state index contributed by atoms with van der Waals surface area (Å²) >= 11 is 1.56. The molecule has 0 saturated carbocycles. The van der Waals surface area contributed by atoms with Crippen molar-refractivity contribution in [3.8, 4) is 0 Å². The maximum absolute atomic E-state index is 12.0. The molecule has 2 N–H and O–H groups in total. The second-order valence-electron chi connectivity index (χ2n) is 2.21. The molecule has 0 aliphatic rings. The lowest BCUT2D eigenvalue weighted by atomic mass is 10.3. The summed E-state index contributed by atoms with van der Waals surface area (Å²) in [6.45, 7) is 1.51. The zero-order valence-electron chi connectivity index (χ0n) is 6.21. The molecule has 0 saturated heterocycles. The first-order valence-electron chi connectivity index (χ1n) is 3.12. The second kappa shape index (κ2) is 4.70. The van der Waals surface area contributed by atoms with Crippen LogP contribution in [0.25, 0.3) is 0 Å². The fraction of sp³-hybridized carbons (Fsp3) is 0.429. The van der Waals surface area contributed by atoms with E-state index in [-0.39, 0.29) is 12.4 Å². The average molecular weight is 196 g/mol. The molecule has 0 amide bonds. The summed E-state index contributed by atoms with van der Waals surface area (Å²) in [6, 6.07) is 3.42. The highest BCUT2D eigenvalue weighted by molar-refractivity contribution is 7.12. The minimum atomic E-state index is -0.472. The Bertz CT molecular complexity index is 214. The van der Waals surface area contributed by atoms with E-state index in [0.29, 0.717) is 0 Å². The molecule has 1 heterocycles. The third kappa shape index (κ3) is 2.77. The number of nitrogens with two attached hydrogens (primary N) is 1. The van der Waals surface area contributed by atoms with Crippen LogP contribution >= 0.6 is 23.7 Å². The number of rotatable bonds is 2. The molecule has 0 aliphatic carbocycles. The zero-order chi connectivity index (χ0) is 7.56. The molecule has 0 aromatic carbocycles. The van der Waals surface area contributed by atoms with Crippen molar-refractivity contribution in [3.05, 3.63) is 21.9 Å². The van der Waals surface area contributed by atoms with Crippen molar-refractivity contribution in [2.45, 2.75) is 13.0 Å². The molecule has 0 spiro atoms. The van der Waals surface area contributed by atoms with Gasteiger partial charge in [-0.1, -0.05) is 0 Å². The SMILES string of the molecule is Cc1ccc([C@@H](N)CF)s1.Cl. The van der Waals surface area contributed by atoms with Crippen LogP contribution in [-0.4, -0.2) is 6.67 Å². The maximum Gasteiger partial charge on any atom is 0.109 e. The van der Waals surface area contributed by atoms with Crippen LogP contribution < -0.4 is 5.73 Å².